The van der Waals surface area contributed by atoms with Crippen molar-refractivity contribution in [2.24, 2.45) is 0 Å². The van der Waals surface area contributed by atoms with Crippen LogP contribution >= 0.6 is 15.9 Å². The van der Waals surface area contributed by atoms with Crippen molar-refractivity contribution in [2.75, 3.05) is 7.11 Å². The van der Waals surface area contributed by atoms with Gasteiger partial charge in [0, 0.05) is 22.9 Å². The van der Waals surface area contributed by atoms with Crippen molar-refractivity contribution in [1.82, 2.24) is 0 Å². The van der Waals surface area contributed by atoms with Crippen LogP contribution in [-0.2, 0) is 0 Å². The number of benzene rings is 1. The summed E-state index contributed by atoms with van der Waals surface area (Å²) >= 11 is 3.31. The molecule has 0 aliphatic heterocycles. The number of hydrogen-bond donors (Lipinski definition) is 2. The molecule has 2 rings (SSSR count). The quantitative estimate of drug-likeness (QED) is 0.602. The van der Waals surface area contributed by atoms with Gasteiger partial charge < -0.3 is 10.2 Å². The summed E-state index contributed by atoms with van der Waals surface area (Å²) in [5.41, 5.74) is 0. The number of rotatable bonds is 1. The maximum absolute atomic E-state index is 10.1. The van der Waals surface area contributed by atoms with E-state index in [0.717, 1.165) is 18.0 Å². The summed E-state index contributed by atoms with van der Waals surface area (Å²) in [5.74, 6) is 0. The van der Waals surface area contributed by atoms with Gasteiger partial charge in [-0.3, -0.25) is 10.1 Å². The molecule has 0 spiro atoms. The van der Waals surface area contributed by atoms with E-state index in [0.29, 0.717) is 12.8 Å². The molecule has 1 aliphatic carbocycles. The second-order valence-electron chi connectivity index (χ2n) is 3.65. The molecule has 2 atom stereocenters. The molecule has 2 unspecified atom stereocenters. The van der Waals surface area contributed by atoms with E-state index >= 15 is 0 Å². The molecule has 1 aromatic carbocycles. The number of aliphatic hydroxyl groups is 2. The van der Waals surface area contributed by atoms with Crippen molar-refractivity contribution in [2.45, 2.75) is 45.3 Å². The molecule has 1 aliphatic rings. The van der Waals surface area contributed by atoms with Gasteiger partial charge in [-0.25, -0.2) is 0 Å². The zero-order valence-corrected chi connectivity index (χ0v) is 13.8. The molecule has 116 valence electrons. The number of hydrogen-bond acceptors (Lipinski definition) is 4. The predicted octanol–water partition coefficient (Wildman–Crippen LogP) is 3.26. The third kappa shape index (κ3) is 9.89. The van der Waals surface area contributed by atoms with Crippen LogP contribution in [0.3, 0.4) is 0 Å². The van der Waals surface area contributed by atoms with Crippen molar-refractivity contribution >= 4 is 15.9 Å². The monoisotopic (exact) mass is 349 g/mol. The molecule has 0 radical (unpaired) electrons. The number of aliphatic hydroxyl groups excluding tert-OH is 2. The zero-order valence-electron chi connectivity index (χ0n) is 12.2. The van der Waals surface area contributed by atoms with Crippen LogP contribution in [0.2, 0.25) is 0 Å². The average molecular weight is 350 g/mol. The zero-order chi connectivity index (χ0) is 16.0. The maximum atomic E-state index is 10.1. The van der Waals surface area contributed by atoms with E-state index in [2.05, 4.69) is 15.9 Å². The molecule has 6 heteroatoms. The van der Waals surface area contributed by atoms with E-state index in [1.807, 2.05) is 44.2 Å². The minimum Gasteiger partial charge on any atom is -0.400 e. The van der Waals surface area contributed by atoms with Crippen LogP contribution in [0.1, 0.15) is 33.1 Å². The molecular formula is C14H24BrNO4. The first-order valence-corrected chi connectivity index (χ1v) is 7.37. The largest absolute Gasteiger partial charge is 0.400 e. The Bertz CT molecular complexity index is 335. The average Bonchev–Trinajstić information content (AvgIpc) is 2.91. The van der Waals surface area contributed by atoms with Crippen molar-refractivity contribution in [3.8, 4) is 0 Å². The highest BCUT2D eigenvalue weighted by Crippen LogP contribution is 2.20. The van der Waals surface area contributed by atoms with Crippen molar-refractivity contribution in [1.29, 1.82) is 0 Å². The van der Waals surface area contributed by atoms with Crippen LogP contribution in [0.25, 0.3) is 0 Å². The Morgan fingerprint density at radius 2 is 1.70 bits per heavy atom. The summed E-state index contributed by atoms with van der Waals surface area (Å²) in [6, 6.07) is 9.28. The fourth-order valence-corrected chi connectivity index (χ4v) is 1.89. The second kappa shape index (κ2) is 14.4. The van der Waals surface area contributed by atoms with Gasteiger partial charge >= 0.3 is 0 Å². The molecule has 1 aromatic rings. The van der Waals surface area contributed by atoms with Gasteiger partial charge in [0.25, 0.3) is 0 Å². The lowest BCUT2D eigenvalue weighted by molar-refractivity contribution is -0.530. The van der Waals surface area contributed by atoms with Gasteiger partial charge in [-0.2, -0.15) is 0 Å². The normalized spacial score (nSPS) is 19.3. The lowest BCUT2D eigenvalue weighted by Gasteiger charge is -2.03. The molecule has 0 aromatic heterocycles. The van der Waals surface area contributed by atoms with Gasteiger partial charge in [0.15, 0.2) is 0 Å². The Kier molecular flexibility index (Phi) is 15.4. The number of nitro groups is 1. The molecular weight excluding hydrogens is 326 g/mol. The van der Waals surface area contributed by atoms with E-state index in [-0.39, 0.29) is 0 Å². The second-order valence-corrected chi connectivity index (χ2v) is 4.56. The molecule has 0 bridgehead atoms. The van der Waals surface area contributed by atoms with Crippen LogP contribution in [0.15, 0.2) is 34.8 Å². The fourth-order valence-electron chi connectivity index (χ4n) is 1.58. The summed E-state index contributed by atoms with van der Waals surface area (Å²) in [7, 11) is 1.00. The Labute approximate surface area is 128 Å². The lowest BCUT2D eigenvalue weighted by Crippen LogP contribution is -2.27. The van der Waals surface area contributed by atoms with Gasteiger partial charge in [-0.1, -0.05) is 48.0 Å². The first-order valence-electron chi connectivity index (χ1n) is 6.58. The summed E-state index contributed by atoms with van der Waals surface area (Å²) in [6.45, 7) is 4.00. The van der Waals surface area contributed by atoms with Gasteiger partial charge in [-0.05, 0) is 25.0 Å². The molecule has 1 saturated carbocycles. The summed E-state index contributed by atoms with van der Waals surface area (Å²) in [4.78, 5) is 9.67. The first-order chi connectivity index (χ1) is 9.61. The lowest BCUT2D eigenvalue weighted by atomic mass is 10.2. The number of halogens is 1. The summed E-state index contributed by atoms with van der Waals surface area (Å²) in [5, 5.41) is 26.0. The summed E-state index contributed by atoms with van der Waals surface area (Å²) in [6.07, 6.45) is 1.21. The van der Waals surface area contributed by atoms with E-state index in [4.69, 9.17) is 10.2 Å². The van der Waals surface area contributed by atoms with Crippen LogP contribution in [0.5, 0.6) is 0 Å². The Hall–Kier alpha value is -0.980. The third-order valence-electron chi connectivity index (χ3n) is 2.45. The molecule has 5 nitrogen and oxygen atoms in total. The van der Waals surface area contributed by atoms with Crippen LogP contribution in [0.4, 0.5) is 0 Å². The van der Waals surface area contributed by atoms with Gasteiger partial charge in [0.05, 0.1) is 0 Å². The SMILES string of the molecule is Brc1ccccc1.CC.CO.O=[N+]([O-])C1CCCC1O. The third-order valence-corrected chi connectivity index (χ3v) is 2.98. The fraction of sp³-hybridized carbons (Fsp3) is 0.571. The molecule has 2 N–H and O–H groups in total. The molecule has 0 amide bonds. The Morgan fingerprint density at radius 3 is 1.90 bits per heavy atom. The molecule has 0 heterocycles. The standard InChI is InChI=1S/C6H5Br.C5H9NO3.C2H6.CH4O/c7-6-4-2-1-3-5-6;7-5-3-1-2-4(5)6(8)9;2*1-2/h1-5H;4-5,7H,1-3H2;1-2H3;2H,1H3. The summed E-state index contributed by atoms with van der Waals surface area (Å²) < 4.78 is 1.13. The van der Waals surface area contributed by atoms with Crippen molar-refractivity contribution < 1.29 is 15.1 Å². The maximum Gasteiger partial charge on any atom is 0.238 e. The van der Waals surface area contributed by atoms with Gasteiger partial charge in [0.1, 0.15) is 6.10 Å². The van der Waals surface area contributed by atoms with E-state index in [1.165, 1.54) is 0 Å². The Balaban J connectivity index is 0. The minimum absolute atomic E-state index is 0.391. The highest BCUT2D eigenvalue weighted by molar-refractivity contribution is 9.10. The highest BCUT2D eigenvalue weighted by atomic mass is 79.9. The topological polar surface area (TPSA) is 83.6 Å². The molecule has 20 heavy (non-hydrogen) atoms. The van der Waals surface area contributed by atoms with E-state index in [1.54, 1.807) is 0 Å². The predicted molar refractivity (Wildman–Crippen MR) is 84.3 cm³/mol. The van der Waals surface area contributed by atoms with Crippen LogP contribution in [-0.4, -0.2) is 34.4 Å². The van der Waals surface area contributed by atoms with Gasteiger partial charge in [-0.15, -0.1) is 0 Å². The molecule has 0 saturated heterocycles. The highest BCUT2D eigenvalue weighted by Gasteiger charge is 2.34. The number of nitrogens with zero attached hydrogens (tertiary/aromatic N) is 1. The first kappa shape index (κ1) is 21.3. The van der Waals surface area contributed by atoms with E-state index < -0.39 is 17.1 Å². The van der Waals surface area contributed by atoms with Crippen molar-refractivity contribution in [3.05, 3.63) is 44.9 Å². The minimum atomic E-state index is -0.694. The van der Waals surface area contributed by atoms with E-state index in [9.17, 15) is 10.1 Å². The molecule has 1 fully saturated rings. The Morgan fingerprint density at radius 1 is 1.20 bits per heavy atom. The van der Waals surface area contributed by atoms with Crippen LogP contribution in [0, 0.1) is 10.1 Å². The van der Waals surface area contributed by atoms with Gasteiger partial charge in [0.2, 0.25) is 6.04 Å². The van der Waals surface area contributed by atoms with Crippen LogP contribution < -0.4 is 0 Å². The van der Waals surface area contributed by atoms with Crippen molar-refractivity contribution in [3.63, 3.8) is 0 Å². The smallest absolute Gasteiger partial charge is 0.238 e.